The lowest BCUT2D eigenvalue weighted by atomic mass is 10.1. The van der Waals surface area contributed by atoms with Gasteiger partial charge in [0.2, 0.25) is 0 Å². The monoisotopic (exact) mass is 237 g/mol. The number of hydrogen-bond donors (Lipinski definition) is 0. The second-order valence-electron chi connectivity index (χ2n) is 3.36. The molecule has 98 valence electrons. The third-order valence-corrected chi connectivity index (χ3v) is 2.11. The smallest absolute Gasteiger partial charge is 0.137 e. The number of carbonyl (C=O) groups is 1. The van der Waals surface area contributed by atoms with Crippen LogP contribution in [0.1, 0.15) is 33.3 Å². The summed E-state index contributed by atoms with van der Waals surface area (Å²) in [6, 6.07) is 10.0. The van der Waals surface area contributed by atoms with Crippen molar-refractivity contribution in [2.24, 2.45) is 0 Å². The first-order valence-electron chi connectivity index (χ1n) is 6.39. The van der Waals surface area contributed by atoms with Crippen molar-refractivity contribution in [1.29, 1.82) is 0 Å². The fraction of sp³-hybridized carbons (Fsp3) is 0.533. The Labute approximate surface area is 107 Å². The highest BCUT2D eigenvalue weighted by atomic mass is 16.1. The number of aldehydes is 1. The Hall–Kier alpha value is -1.15. The lowest BCUT2D eigenvalue weighted by Gasteiger charge is -2.17. The number of hydrogen-bond acceptors (Lipinski definition) is 2. The van der Waals surface area contributed by atoms with Gasteiger partial charge in [-0.25, -0.2) is 0 Å². The lowest BCUT2D eigenvalue weighted by Crippen LogP contribution is -2.31. The fourth-order valence-corrected chi connectivity index (χ4v) is 1.21. The van der Waals surface area contributed by atoms with E-state index in [4.69, 9.17) is 0 Å². The minimum absolute atomic E-state index is 0.0117. The molecule has 1 unspecified atom stereocenters. The van der Waals surface area contributed by atoms with E-state index in [0.717, 1.165) is 12.7 Å². The van der Waals surface area contributed by atoms with Crippen molar-refractivity contribution in [3.8, 4) is 0 Å². The van der Waals surface area contributed by atoms with Gasteiger partial charge in [-0.2, -0.15) is 0 Å². The fourth-order valence-electron chi connectivity index (χ4n) is 1.21. The van der Waals surface area contributed by atoms with E-state index in [1.54, 1.807) is 0 Å². The normalized spacial score (nSPS) is 10.5. The predicted octanol–water partition coefficient (Wildman–Crippen LogP) is 3.41. The second-order valence-corrected chi connectivity index (χ2v) is 3.36. The van der Waals surface area contributed by atoms with Crippen LogP contribution in [0.15, 0.2) is 30.3 Å². The van der Waals surface area contributed by atoms with Crippen LogP contribution in [0.4, 0.5) is 0 Å². The zero-order valence-corrected chi connectivity index (χ0v) is 12.1. The molecule has 17 heavy (non-hydrogen) atoms. The van der Waals surface area contributed by atoms with Crippen molar-refractivity contribution in [2.75, 3.05) is 14.1 Å². The molecule has 0 fully saturated rings. The van der Waals surface area contributed by atoms with Gasteiger partial charge in [-0.3, -0.25) is 4.90 Å². The maximum Gasteiger partial charge on any atom is 0.137 e. The van der Waals surface area contributed by atoms with Gasteiger partial charge >= 0.3 is 0 Å². The maximum atomic E-state index is 10.7. The number of benzene rings is 1. The van der Waals surface area contributed by atoms with Crippen molar-refractivity contribution >= 4 is 6.29 Å². The number of likely N-dealkylation sites (N-methyl/N-ethyl adjacent to an activating group) is 1. The Morgan fingerprint density at radius 3 is 1.88 bits per heavy atom. The molecule has 1 aromatic rings. The molecule has 0 spiro atoms. The van der Waals surface area contributed by atoms with Gasteiger partial charge < -0.3 is 4.79 Å². The summed E-state index contributed by atoms with van der Waals surface area (Å²) in [5.41, 5.74) is 1.20. The topological polar surface area (TPSA) is 20.3 Å². The van der Waals surface area contributed by atoms with E-state index >= 15 is 0 Å². The van der Waals surface area contributed by atoms with Crippen molar-refractivity contribution in [2.45, 2.75) is 40.2 Å². The number of nitrogens with zero attached hydrogens (tertiary/aromatic N) is 1. The Balaban J connectivity index is 0. The van der Waals surface area contributed by atoms with E-state index in [2.05, 4.69) is 0 Å². The van der Waals surface area contributed by atoms with Crippen molar-refractivity contribution in [1.82, 2.24) is 4.90 Å². The lowest BCUT2D eigenvalue weighted by molar-refractivity contribution is -0.111. The first-order valence-corrected chi connectivity index (χ1v) is 6.39. The highest BCUT2D eigenvalue weighted by Crippen LogP contribution is 2.04. The summed E-state index contributed by atoms with van der Waals surface area (Å²) in [4.78, 5) is 12.6. The minimum Gasteiger partial charge on any atom is -0.302 e. The summed E-state index contributed by atoms with van der Waals surface area (Å²) < 4.78 is 0. The van der Waals surface area contributed by atoms with Crippen molar-refractivity contribution < 1.29 is 4.79 Å². The molecule has 0 saturated heterocycles. The van der Waals surface area contributed by atoms with E-state index < -0.39 is 0 Å². The summed E-state index contributed by atoms with van der Waals surface area (Å²) in [7, 11) is 3.84. The summed E-state index contributed by atoms with van der Waals surface area (Å²) in [5.74, 6) is 0. The van der Waals surface area contributed by atoms with Gasteiger partial charge in [0.25, 0.3) is 0 Å². The van der Waals surface area contributed by atoms with Crippen LogP contribution in [0.5, 0.6) is 0 Å². The number of carbonyl (C=O) groups excluding carboxylic acids is 1. The molecule has 0 amide bonds. The van der Waals surface area contributed by atoms with E-state index in [0.29, 0.717) is 0 Å². The molecule has 0 heterocycles. The van der Waals surface area contributed by atoms with Gasteiger partial charge in [-0.05, 0) is 26.1 Å². The third kappa shape index (κ3) is 8.64. The first-order chi connectivity index (χ1) is 8.24. The average molecular weight is 237 g/mol. The van der Waals surface area contributed by atoms with E-state index in [9.17, 15) is 4.79 Å². The maximum absolute atomic E-state index is 10.7. The Kier molecular flexibility index (Phi) is 13.8. The highest BCUT2D eigenvalue weighted by Gasteiger charge is 2.09. The van der Waals surface area contributed by atoms with Crippen LogP contribution in [0.25, 0.3) is 0 Å². The Morgan fingerprint density at radius 2 is 1.53 bits per heavy atom. The van der Waals surface area contributed by atoms with Gasteiger partial charge in [0.15, 0.2) is 0 Å². The molecular formula is C15H27NO. The first kappa shape index (κ1) is 18.2. The molecule has 1 rings (SSSR count). The predicted molar refractivity (Wildman–Crippen MR) is 76.4 cm³/mol. The van der Waals surface area contributed by atoms with E-state index in [1.165, 1.54) is 5.56 Å². The Bertz CT molecular complexity index is 257. The highest BCUT2D eigenvalue weighted by molar-refractivity contribution is 5.58. The SMILES string of the molecule is CC.CC.CN(C)C(C=O)Cc1ccccc1. The third-order valence-electron chi connectivity index (χ3n) is 2.11. The van der Waals surface area contributed by atoms with E-state index in [-0.39, 0.29) is 6.04 Å². The van der Waals surface area contributed by atoms with Gasteiger partial charge in [0.1, 0.15) is 6.29 Å². The molecule has 0 radical (unpaired) electrons. The summed E-state index contributed by atoms with van der Waals surface area (Å²) >= 11 is 0. The van der Waals surface area contributed by atoms with Crippen LogP contribution < -0.4 is 0 Å². The van der Waals surface area contributed by atoms with Gasteiger partial charge in [-0.1, -0.05) is 58.0 Å². The standard InChI is InChI=1S/C11H15NO.2C2H6/c1-12(2)11(9-13)8-10-6-4-3-5-7-10;2*1-2/h3-7,9,11H,8H2,1-2H3;2*1-2H3. The average Bonchev–Trinajstić information content (AvgIpc) is 2.41. The van der Waals surface area contributed by atoms with Gasteiger partial charge in [-0.15, -0.1) is 0 Å². The largest absolute Gasteiger partial charge is 0.302 e. The van der Waals surface area contributed by atoms with Crippen LogP contribution in [-0.2, 0) is 11.2 Å². The molecule has 0 aliphatic rings. The molecule has 0 aliphatic heterocycles. The zero-order chi connectivity index (χ0) is 13.7. The van der Waals surface area contributed by atoms with Gasteiger partial charge in [0.05, 0.1) is 6.04 Å². The molecule has 1 atom stereocenters. The molecule has 0 bridgehead atoms. The molecule has 0 N–H and O–H groups in total. The van der Waals surface area contributed by atoms with Gasteiger partial charge in [0, 0.05) is 0 Å². The van der Waals surface area contributed by atoms with Crippen molar-refractivity contribution in [3.05, 3.63) is 35.9 Å². The molecule has 0 aromatic heterocycles. The minimum atomic E-state index is -0.0117. The van der Waals surface area contributed by atoms with Crippen LogP contribution in [-0.4, -0.2) is 31.3 Å². The van der Waals surface area contributed by atoms with Crippen LogP contribution in [0.2, 0.25) is 0 Å². The Morgan fingerprint density at radius 1 is 1.06 bits per heavy atom. The summed E-state index contributed by atoms with van der Waals surface area (Å²) in [5, 5.41) is 0. The van der Waals surface area contributed by atoms with Crippen molar-refractivity contribution in [3.63, 3.8) is 0 Å². The molecule has 0 aliphatic carbocycles. The number of rotatable bonds is 4. The van der Waals surface area contributed by atoms with Crippen LogP contribution >= 0.6 is 0 Å². The van der Waals surface area contributed by atoms with Crippen LogP contribution in [0.3, 0.4) is 0 Å². The molecule has 1 aromatic carbocycles. The van der Waals surface area contributed by atoms with Crippen LogP contribution in [0, 0.1) is 0 Å². The summed E-state index contributed by atoms with van der Waals surface area (Å²) in [6.45, 7) is 8.00. The quantitative estimate of drug-likeness (QED) is 0.748. The zero-order valence-electron chi connectivity index (χ0n) is 12.1. The molecule has 2 nitrogen and oxygen atoms in total. The molecular weight excluding hydrogens is 210 g/mol. The molecule has 0 saturated carbocycles. The molecule has 2 heteroatoms. The summed E-state index contributed by atoms with van der Waals surface area (Å²) in [6.07, 6.45) is 1.78. The second kappa shape index (κ2) is 12.9. The van der Waals surface area contributed by atoms with E-state index in [1.807, 2.05) is 77.0 Å².